The summed E-state index contributed by atoms with van der Waals surface area (Å²) in [5, 5.41) is 10.2. The number of ether oxygens (including phenoxy) is 1. The van der Waals surface area contributed by atoms with Crippen molar-refractivity contribution in [3.63, 3.8) is 0 Å². The van der Waals surface area contributed by atoms with E-state index in [1.54, 1.807) is 0 Å². The number of carbonyl (C=O) groups is 2. The average Bonchev–Trinajstić information content (AvgIpc) is 3.43. The molecule has 0 radical (unpaired) electrons. The zero-order valence-electron chi connectivity index (χ0n) is 24.1. The first-order valence-corrected chi connectivity index (χ1v) is 15.9. The Kier molecular flexibility index (Phi) is 10.3. The molecule has 40 heavy (non-hydrogen) atoms. The number of piperidine rings is 2. The molecule has 5 atom stereocenters. The lowest BCUT2D eigenvalue weighted by atomic mass is 9.72. The van der Waals surface area contributed by atoms with Gasteiger partial charge in [-0.25, -0.2) is 4.39 Å². The van der Waals surface area contributed by atoms with E-state index >= 15 is 0 Å². The average molecular weight is 566 g/mol. The number of nitrogens with zero attached hydrogens (tertiary/aromatic N) is 2. The molecule has 0 bridgehead atoms. The summed E-state index contributed by atoms with van der Waals surface area (Å²) in [6.07, 6.45) is 7.65. The first-order chi connectivity index (χ1) is 19.3. The smallest absolute Gasteiger partial charge is 0.227 e. The first kappa shape index (κ1) is 30.1. The van der Waals surface area contributed by atoms with Crippen molar-refractivity contribution in [3.05, 3.63) is 0 Å². The Morgan fingerprint density at radius 3 is 2.40 bits per heavy atom. The van der Waals surface area contributed by atoms with Gasteiger partial charge in [0.05, 0.1) is 31.3 Å². The van der Waals surface area contributed by atoms with Crippen molar-refractivity contribution in [1.82, 2.24) is 25.8 Å². The van der Waals surface area contributed by atoms with E-state index in [0.717, 1.165) is 64.6 Å². The largest absolute Gasteiger partial charge is 0.378 e. The van der Waals surface area contributed by atoms with Crippen LogP contribution in [0, 0.1) is 17.3 Å². The number of halogens is 1. The summed E-state index contributed by atoms with van der Waals surface area (Å²) in [6.45, 7) is 6.15. The number of carbonyl (C=O) groups excluding carboxylic acids is 2. The molecule has 7 N–H and O–H groups in total. The van der Waals surface area contributed by atoms with Gasteiger partial charge < -0.3 is 37.1 Å². The lowest BCUT2D eigenvalue weighted by Gasteiger charge is -2.45. The Balaban J connectivity index is 1.21. The molecular weight excluding hydrogens is 513 g/mol. The topological polar surface area (TPSA) is 138 Å². The maximum Gasteiger partial charge on any atom is 0.227 e. The van der Waals surface area contributed by atoms with Crippen LogP contribution in [0.1, 0.15) is 64.2 Å². The molecule has 4 aliphatic heterocycles. The first-order valence-electron chi connectivity index (χ1n) is 15.9. The second-order valence-corrected chi connectivity index (χ2v) is 13.1. The molecule has 10 nitrogen and oxygen atoms in total. The summed E-state index contributed by atoms with van der Waals surface area (Å²) in [4.78, 5) is 31.3. The van der Waals surface area contributed by atoms with E-state index in [9.17, 15) is 14.0 Å². The summed E-state index contributed by atoms with van der Waals surface area (Å²) in [5.74, 6) is -0.425. The van der Waals surface area contributed by atoms with Gasteiger partial charge in [-0.15, -0.1) is 0 Å². The third kappa shape index (κ3) is 7.15. The lowest BCUT2D eigenvalue weighted by molar-refractivity contribution is -0.141. The number of hydrogen-bond donors (Lipinski definition) is 5. The van der Waals surface area contributed by atoms with Gasteiger partial charge in [0.15, 0.2) is 0 Å². The molecule has 1 saturated carbocycles. The number of nitrogens with two attached hydrogens (primary N) is 2. The van der Waals surface area contributed by atoms with Crippen molar-refractivity contribution >= 4 is 11.8 Å². The van der Waals surface area contributed by atoms with E-state index in [2.05, 4.69) is 20.9 Å². The van der Waals surface area contributed by atoms with Crippen LogP contribution in [0.25, 0.3) is 0 Å². The Hall–Kier alpha value is -1.37. The molecule has 5 fully saturated rings. The fourth-order valence-electron chi connectivity index (χ4n) is 8.17. The summed E-state index contributed by atoms with van der Waals surface area (Å²) in [7, 11) is 0. The van der Waals surface area contributed by atoms with Crippen LogP contribution in [0.15, 0.2) is 0 Å². The molecule has 4 saturated heterocycles. The van der Waals surface area contributed by atoms with Gasteiger partial charge in [-0.2, -0.15) is 0 Å². The second kappa shape index (κ2) is 13.7. The molecule has 0 aromatic rings. The number of alkyl halides is 1. The van der Waals surface area contributed by atoms with Crippen LogP contribution in [-0.4, -0.2) is 111 Å². The molecule has 5 rings (SSSR count). The second-order valence-electron chi connectivity index (χ2n) is 13.1. The van der Waals surface area contributed by atoms with Crippen LogP contribution < -0.4 is 27.4 Å². The third-order valence-corrected chi connectivity index (χ3v) is 10.5. The van der Waals surface area contributed by atoms with E-state index in [-0.39, 0.29) is 47.8 Å². The summed E-state index contributed by atoms with van der Waals surface area (Å²) in [5.41, 5.74) is 12.6. The molecule has 5 unspecified atom stereocenters. The van der Waals surface area contributed by atoms with Crippen LogP contribution in [0.2, 0.25) is 0 Å². The molecule has 0 aromatic heterocycles. The van der Waals surface area contributed by atoms with Crippen molar-refractivity contribution in [3.8, 4) is 0 Å². The van der Waals surface area contributed by atoms with E-state index in [1.807, 2.05) is 4.90 Å². The van der Waals surface area contributed by atoms with Crippen LogP contribution in [0.3, 0.4) is 0 Å². The minimum absolute atomic E-state index is 0.0661. The minimum atomic E-state index is -0.914. The van der Waals surface area contributed by atoms with Crippen molar-refractivity contribution in [1.29, 1.82) is 0 Å². The molecule has 5 aliphatic rings. The van der Waals surface area contributed by atoms with Crippen molar-refractivity contribution in [2.24, 2.45) is 28.7 Å². The Labute approximate surface area is 238 Å². The number of rotatable bonds is 6. The van der Waals surface area contributed by atoms with Gasteiger partial charge in [0, 0.05) is 44.2 Å². The van der Waals surface area contributed by atoms with Gasteiger partial charge in [-0.05, 0) is 76.4 Å². The van der Waals surface area contributed by atoms with Crippen LogP contribution >= 0.6 is 0 Å². The summed E-state index contributed by atoms with van der Waals surface area (Å²) < 4.78 is 20.1. The van der Waals surface area contributed by atoms with Crippen LogP contribution in [0.5, 0.6) is 0 Å². The van der Waals surface area contributed by atoms with Gasteiger partial charge in [-0.1, -0.05) is 12.8 Å². The molecule has 4 heterocycles. The van der Waals surface area contributed by atoms with Gasteiger partial charge in [0.2, 0.25) is 11.8 Å². The highest BCUT2D eigenvalue weighted by Gasteiger charge is 2.44. The van der Waals surface area contributed by atoms with E-state index in [4.69, 9.17) is 16.2 Å². The molecule has 1 aliphatic carbocycles. The molecule has 1 spiro atoms. The van der Waals surface area contributed by atoms with Crippen LogP contribution in [-0.2, 0) is 14.3 Å². The quantitative estimate of drug-likeness (QED) is 0.290. The molecule has 11 heteroatoms. The molecular formula is C29H52FN7O3. The zero-order chi connectivity index (χ0) is 28.1. The monoisotopic (exact) mass is 565 g/mol. The number of morpholine rings is 1. The highest BCUT2D eigenvalue weighted by molar-refractivity contribution is 5.80. The number of nitrogens with one attached hydrogen (secondary N) is 3. The normalized spacial score (nSPS) is 33.5. The highest BCUT2D eigenvalue weighted by atomic mass is 19.1. The number of likely N-dealkylation sites (tertiary alicyclic amines) is 1. The fraction of sp³-hybridized carbons (Fsp3) is 0.931. The third-order valence-electron chi connectivity index (χ3n) is 10.5. The maximum atomic E-state index is 14.6. The lowest BCUT2D eigenvalue weighted by Crippen LogP contribution is -2.65. The van der Waals surface area contributed by atoms with Crippen molar-refractivity contribution < 1.29 is 18.7 Å². The predicted octanol–water partition coefficient (Wildman–Crippen LogP) is 0.304. The number of hydrogen-bond acceptors (Lipinski definition) is 8. The fourth-order valence-corrected chi connectivity index (χ4v) is 8.17. The molecule has 0 aromatic carbocycles. The Morgan fingerprint density at radius 1 is 0.975 bits per heavy atom. The van der Waals surface area contributed by atoms with E-state index in [1.165, 1.54) is 12.8 Å². The van der Waals surface area contributed by atoms with Crippen molar-refractivity contribution in [2.75, 3.05) is 59.0 Å². The SMILES string of the molecule is NC(N)C(C(=O)NC1CNCCC1N1CCC(C(=O)N2CCOCC2)CC1)C1CC2(CCCC2)CCC(F)CN1. The van der Waals surface area contributed by atoms with Gasteiger partial charge in [0.1, 0.15) is 6.17 Å². The summed E-state index contributed by atoms with van der Waals surface area (Å²) >= 11 is 0. The van der Waals surface area contributed by atoms with Gasteiger partial charge in [-0.3, -0.25) is 14.5 Å². The molecule has 228 valence electrons. The van der Waals surface area contributed by atoms with Gasteiger partial charge in [0.25, 0.3) is 0 Å². The van der Waals surface area contributed by atoms with E-state index in [0.29, 0.717) is 39.3 Å². The van der Waals surface area contributed by atoms with Crippen LogP contribution in [0.4, 0.5) is 4.39 Å². The number of amides is 2. The Bertz CT molecular complexity index is 843. The van der Waals surface area contributed by atoms with Gasteiger partial charge >= 0.3 is 0 Å². The highest BCUT2D eigenvalue weighted by Crippen LogP contribution is 2.47. The maximum absolute atomic E-state index is 14.6. The zero-order valence-corrected chi connectivity index (χ0v) is 24.1. The summed E-state index contributed by atoms with van der Waals surface area (Å²) in [6, 6.07) is -0.119. The minimum Gasteiger partial charge on any atom is -0.378 e. The standard InChI is InChI=1S/C29H52FN7O3/c30-21-3-9-29(7-1-2-8-29)17-22(34-18-21)25(26(31)32)27(38)35-23-19-33-10-4-24(23)36-11-5-20(6-12-36)28(39)37-13-15-40-16-14-37/h20-26,33-34H,1-19,31-32H2,(H,35,38). The predicted molar refractivity (Wildman–Crippen MR) is 152 cm³/mol. The Morgan fingerprint density at radius 2 is 1.70 bits per heavy atom. The molecule has 2 amide bonds. The van der Waals surface area contributed by atoms with Crippen molar-refractivity contribution in [2.45, 2.75) is 94.7 Å². The van der Waals surface area contributed by atoms with E-state index < -0.39 is 18.3 Å².